The van der Waals surface area contributed by atoms with Crippen molar-refractivity contribution in [3.63, 3.8) is 0 Å². The van der Waals surface area contributed by atoms with Crippen molar-refractivity contribution in [2.75, 3.05) is 18.6 Å². The van der Waals surface area contributed by atoms with Crippen molar-refractivity contribution in [3.05, 3.63) is 59.9 Å². The maximum absolute atomic E-state index is 13.0. The Morgan fingerprint density at radius 2 is 1.96 bits per heavy atom. The quantitative estimate of drug-likeness (QED) is 0.863. The summed E-state index contributed by atoms with van der Waals surface area (Å²) in [5, 5.41) is 5.57. The molecule has 0 bridgehead atoms. The number of nitrogens with zero attached hydrogens (tertiary/aromatic N) is 1. The molecule has 1 aliphatic rings. The molecule has 26 heavy (non-hydrogen) atoms. The fourth-order valence-electron chi connectivity index (χ4n) is 2.94. The maximum atomic E-state index is 13.0. The Balaban J connectivity index is 1.53. The van der Waals surface area contributed by atoms with E-state index in [9.17, 15) is 14.0 Å². The Labute approximate surface area is 150 Å². The molecule has 2 N–H and O–H groups in total. The molecule has 0 saturated carbocycles. The minimum absolute atomic E-state index is 0.105. The van der Waals surface area contributed by atoms with Gasteiger partial charge in [0.1, 0.15) is 11.6 Å². The number of halogens is 1. The van der Waals surface area contributed by atoms with Crippen molar-refractivity contribution < 1.29 is 18.7 Å². The van der Waals surface area contributed by atoms with Crippen LogP contribution in [0, 0.1) is 5.82 Å². The molecule has 2 aromatic carbocycles. The number of amides is 3. The van der Waals surface area contributed by atoms with Gasteiger partial charge in [0.2, 0.25) is 5.91 Å². The number of rotatable bonds is 5. The predicted molar refractivity (Wildman–Crippen MR) is 95.5 cm³/mol. The molecule has 1 fully saturated rings. The summed E-state index contributed by atoms with van der Waals surface area (Å²) in [5.74, 6) is 0.240. The lowest BCUT2D eigenvalue weighted by atomic mass is 10.2. The van der Waals surface area contributed by atoms with Crippen LogP contribution in [0.2, 0.25) is 0 Å². The number of anilines is 1. The number of hydrogen-bond acceptors (Lipinski definition) is 3. The van der Waals surface area contributed by atoms with E-state index in [2.05, 4.69) is 10.6 Å². The normalized spacial score (nSPS) is 16.5. The van der Waals surface area contributed by atoms with Crippen LogP contribution >= 0.6 is 0 Å². The highest BCUT2D eigenvalue weighted by molar-refractivity contribution is 5.96. The summed E-state index contributed by atoms with van der Waals surface area (Å²) in [7, 11) is 1.58. The Kier molecular flexibility index (Phi) is 5.36. The van der Waals surface area contributed by atoms with E-state index in [4.69, 9.17) is 4.74 Å². The zero-order valence-corrected chi connectivity index (χ0v) is 14.4. The number of carbonyl (C=O) groups excluding carboxylic acids is 2. The van der Waals surface area contributed by atoms with Gasteiger partial charge < -0.3 is 20.3 Å². The molecule has 0 radical (unpaired) electrons. The van der Waals surface area contributed by atoms with Gasteiger partial charge in [-0.05, 0) is 30.3 Å². The lowest BCUT2D eigenvalue weighted by Gasteiger charge is -2.17. The van der Waals surface area contributed by atoms with E-state index >= 15 is 0 Å². The highest BCUT2D eigenvalue weighted by Gasteiger charge is 2.31. The first-order chi connectivity index (χ1) is 12.6. The second-order valence-corrected chi connectivity index (χ2v) is 6.02. The second kappa shape index (κ2) is 7.86. The first kappa shape index (κ1) is 17.7. The Hall–Kier alpha value is -3.09. The molecular weight excluding hydrogens is 337 g/mol. The molecule has 7 heteroatoms. The van der Waals surface area contributed by atoms with Gasteiger partial charge in [-0.25, -0.2) is 9.18 Å². The zero-order valence-electron chi connectivity index (χ0n) is 14.4. The van der Waals surface area contributed by atoms with Crippen molar-refractivity contribution >= 4 is 17.6 Å². The monoisotopic (exact) mass is 357 g/mol. The Bertz CT molecular complexity index is 795. The van der Waals surface area contributed by atoms with Crippen LogP contribution in [0.15, 0.2) is 48.5 Å². The topological polar surface area (TPSA) is 70.7 Å². The van der Waals surface area contributed by atoms with Gasteiger partial charge in [0.05, 0.1) is 13.2 Å². The van der Waals surface area contributed by atoms with Gasteiger partial charge in [0.25, 0.3) is 0 Å². The number of ether oxygens (including phenoxy) is 1. The van der Waals surface area contributed by atoms with E-state index < -0.39 is 0 Å². The van der Waals surface area contributed by atoms with Gasteiger partial charge in [0, 0.05) is 30.8 Å². The summed E-state index contributed by atoms with van der Waals surface area (Å²) in [6, 6.07) is 12.5. The number of para-hydroxylation sites is 1. The summed E-state index contributed by atoms with van der Waals surface area (Å²) in [4.78, 5) is 25.8. The average molecular weight is 357 g/mol. The van der Waals surface area contributed by atoms with Gasteiger partial charge in [-0.15, -0.1) is 0 Å². The minimum atomic E-state index is -0.356. The van der Waals surface area contributed by atoms with Crippen LogP contribution in [0.5, 0.6) is 5.75 Å². The van der Waals surface area contributed by atoms with Gasteiger partial charge in [0.15, 0.2) is 0 Å². The van der Waals surface area contributed by atoms with Crippen LogP contribution < -0.4 is 20.3 Å². The average Bonchev–Trinajstić information content (AvgIpc) is 3.01. The van der Waals surface area contributed by atoms with Crippen LogP contribution in [-0.2, 0) is 11.3 Å². The third-order valence-electron chi connectivity index (χ3n) is 4.23. The maximum Gasteiger partial charge on any atom is 0.315 e. The van der Waals surface area contributed by atoms with Crippen LogP contribution in [-0.4, -0.2) is 31.6 Å². The SMILES string of the molecule is COc1ccccc1CNC(=O)NC1CC(=O)N(c2ccc(F)cc2)C1. The number of methoxy groups -OCH3 is 1. The van der Waals surface area contributed by atoms with E-state index in [1.807, 2.05) is 24.3 Å². The lowest BCUT2D eigenvalue weighted by Crippen LogP contribution is -2.43. The summed E-state index contributed by atoms with van der Waals surface area (Å²) in [5.41, 5.74) is 1.48. The molecule has 1 atom stereocenters. The molecule has 3 rings (SSSR count). The predicted octanol–water partition coefficient (Wildman–Crippen LogP) is 2.44. The first-order valence-corrected chi connectivity index (χ1v) is 8.29. The molecule has 2 aromatic rings. The standard InChI is InChI=1S/C19H20FN3O3/c1-26-17-5-3-2-4-13(17)11-21-19(25)22-15-10-18(24)23(12-15)16-8-6-14(20)7-9-16/h2-9,15H,10-12H2,1H3,(H2,21,22,25). The van der Waals surface area contributed by atoms with Gasteiger partial charge >= 0.3 is 6.03 Å². The zero-order chi connectivity index (χ0) is 18.5. The molecule has 0 spiro atoms. The summed E-state index contributed by atoms with van der Waals surface area (Å²) in [6.45, 7) is 0.671. The number of nitrogens with one attached hydrogen (secondary N) is 2. The number of hydrogen-bond donors (Lipinski definition) is 2. The molecule has 1 saturated heterocycles. The molecule has 1 unspecified atom stereocenters. The van der Waals surface area contributed by atoms with E-state index in [1.165, 1.54) is 12.1 Å². The molecule has 6 nitrogen and oxygen atoms in total. The number of urea groups is 1. The lowest BCUT2D eigenvalue weighted by molar-refractivity contribution is -0.117. The molecule has 1 aliphatic heterocycles. The van der Waals surface area contributed by atoms with Crippen molar-refractivity contribution in [2.24, 2.45) is 0 Å². The van der Waals surface area contributed by atoms with Crippen LogP contribution in [0.1, 0.15) is 12.0 Å². The van der Waals surface area contributed by atoms with Crippen molar-refractivity contribution in [1.82, 2.24) is 10.6 Å². The van der Waals surface area contributed by atoms with Gasteiger partial charge in [-0.3, -0.25) is 4.79 Å². The number of carbonyl (C=O) groups is 2. The highest BCUT2D eigenvalue weighted by atomic mass is 19.1. The van der Waals surface area contributed by atoms with Crippen molar-refractivity contribution in [3.8, 4) is 5.75 Å². The molecular formula is C19H20FN3O3. The van der Waals surface area contributed by atoms with Crippen LogP contribution in [0.3, 0.4) is 0 Å². The second-order valence-electron chi connectivity index (χ2n) is 6.02. The van der Waals surface area contributed by atoms with E-state index in [-0.39, 0.29) is 30.2 Å². The molecule has 136 valence electrons. The fourth-order valence-corrected chi connectivity index (χ4v) is 2.94. The molecule has 3 amide bonds. The summed E-state index contributed by atoms with van der Waals surface area (Å²) >= 11 is 0. The van der Waals surface area contributed by atoms with Crippen molar-refractivity contribution in [2.45, 2.75) is 19.0 Å². The molecule has 0 aliphatic carbocycles. The number of benzene rings is 2. The van der Waals surface area contributed by atoms with E-state index in [0.29, 0.717) is 24.5 Å². The first-order valence-electron chi connectivity index (χ1n) is 8.29. The van der Waals surface area contributed by atoms with Crippen LogP contribution in [0.25, 0.3) is 0 Å². The third kappa shape index (κ3) is 4.11. The van der Waals surface area contributed by atoms with E-state index in [0.717, 1.165) is 5.56 Å². The fraction of sp³-hybridized carbons (Fsp3) is 0.263. The van der Waals surface area contributed by atoms with Crippen LogP contribution in [0.4, 0.5) is 14.9 Å². The molecule has 1 heterocycles. The summed E-state index contributed by atoms with van der Waals surface area (Å²) < 4.78 is 18.3. The van der Waals surface area contributed by atoms with E-state index in [1.54, 1.807) is 24.1 Å². The van der Waals surface area contributed by atoms with Crippen molar-refractivity contribution in [1.29, 1.82) is 0 Å². The molecule has 0 aromatic heterocycles. The Morgan fingerprint density at radius 3 is 2.69 bits per heavy atom. The largest absolute Gasteiger partial charge is 0.496 e. The highest BCUT2D eigenvalue weighted by Crippen LogP contribution is 2.22. The van der Waals surface area contributed by atoms with Gasteiger partial charge in [-0.2, -0.15) is 0 Å². The Morgan fingerprint density at radius 1 is 1.23 bits per heavy atom. The minimum Gasteiger partial charge on any atom is -0.496 e. The smallest absolute Gasteiger partial charge is 0.315 e. The van der Waals surface area contributed by atoms with Gasteiger partial charge in [-0.1, -0.05) is 18.2 Å². The third-order valence-corrected chi connectivity index (χ3v) is 4.23. The summed E-state index contributed by atoms with van der Waals surface area (Å²) in [6.07, 6.45) is 0.208.